The normalized spacial score (nSPS) is 24.8. The van der Waals surface area contributed by atoms with Crippen LogP contribution in [0.1, 0.15) is 39.5 Å². The molecule has 0 aliphatic carbocycles. The molecule has 20 heavy (non-hydrogen) atoms. The summed E-state index contributed by atoms with van der Waals surface area (Å²) < 4.78 is 0. The number of hydrogen-bond donors (Lipinski definition) is 2. The number of carbonyl (C=O) groups is 3. The van der Waals surface area contributed by atoms with Gasteiger partial charge in [-0.15, -0.1) is 0 Å². The average Bonchev–Trinajstić information content (AvgIpc) is 2.78. The van der Waals surface area contributed by atoms with Gasteiger partial charge in [-0.3, -0.25) is 14.4 Å². The molecule has 0 aromatic carbocycles. The van der Waals surface area contributed by atoms with Crippen LogP contribution in [0, 0.1) is 5.92 Å². The summed E-state index contributed by atoms with van der Waals surface area (Å²) in [6.45, 7) is 5.16. The van der Waals surface area contributed by atoms with Crippen molar-refractivity contribution in [2.45, 2.75) is 51.6 Å². The van der Waals surface area contributed by atoms with Crippen LogP contribution in [0.3, 0.4) is 0 Å². The molecule has 0 radical (unpaired) electrons. The first-order valence-electron chi connectivity index (χ1n) is 7.38. The van der Waals surface area contributed by atoms with E-state index >= 15 is 0 Å². The van der Waals surface area contributed by atoms with Crippen LogP contribution in [0.25, 0.3) is 0 Å². The van der Waals surface area contributed by atoms with Crippen molar-refractivity contribution in [3.63, 3.8) is 0 Å². The van der Waals surface area contributed by atoms with Crippen LogP contribution in [0.4, 0.5) is 0 Å². The van der Waals surface area contributed by atoms with Crippen LogP contribution < -0.4 is 10.6 Å². The van der Waals surface area contributed by atoms with Crippen LogP contribution >= 0.6 is 0 Å². The van der Waals surface area contributed by atoms with Crippen molar-refractivity contribution in [2.24, 2.45) is 5.92 Å². The number of carbonyl (C=O) groups excluding carboxylic acids is 3. The van der Waals surface area contributed by atoms with Crippen molar-refractivity contribution in [3.8, 4) is 0 Å². The maximum absolute atomic E-state index is 12.4. The van der Waals surface area contributed by atoms with E-state index in [1.807, 2.05) is 13.8 Å². The van der Waals surface area contributed by atoms with Gasteiger partial charge in [-0.2, -0.15) is 0 Å². The predicted octanol–water partition coefficient (Wildman–Crippen LogP) is 0.0282. The van der Waals surface area contributed by atoms with Gasteiger partial charge in [0.1, 0.15) is 12.1 Å². The monoisotopic (exact) mass is 281 g/mol. The van der Waals surface area contributed by atoms with Gasteiger partial charge in [0.2, 0.25) is 17.7 Å². The SMILES string of the molecule is CC(C)C(C(=O)NC1CCCNC1=O)N1CCCC1=O. The fourth-order valence-electron chi connectivity index (χ4n) is 2.93. The summed E-state index contributed by atoms with van der Waals surface area (Å²) in [6, 6.07) is -0.935. The summed E-state index contributed by atoms with van der Waals surface area (Å²) in [6.07, 6.45) is 2.85. The summed E-state index contributed by atoms with van der Waals surface area (Å²) in [5, 5.41) is 5.55. The third kappa shape index (κ3) is 3.11. The third-order valence-electron chi connectivity index (χ3n) is 3.95. The third-order valence-corrected chi connectivity index (χ3v) is 3.95. The van der Waals surface area contributed by atoms with Gasteiger partial charge in [-0.25, -0.2) is 0 Å². The molecule has 0 saturated carbocycles. The van der Waals surface area contributed by atoms with Crippen molar-refractivity contribution in [1.82, 2.24) is 15.5 Å². The molecule has 6 nitrogen and oxygen atoms in total. The number of nitrogens with one attached hydrogen (secondary N) is 2. The van der Waals surface area contributed by atoms with Crippen molar-refractivity contribution >= 4 is 17.7 Å². The van der Waals surface area contributed by atoms with E-state index in [2.05, 4.69) is 10.6 Å². The lowest BCUT2D eigenvalue weighted by atomic mass is 10.00. The van der Waals surface area contributed by atoms with Crippen LogP contribution in [0.2, 0.25) is 0 Å². The highest BCUT2D eigenvalue weighted by Gasteiger charge is 2.36. The summed E-state index contributed by atoms with van der Waals surface area (Å²) in [5.41, 5.74) is 0. The van der Waals surface area contributed by atoms with Crippen LogP contribution in [0.15, 0.2) is 0 Å². The van der Waals surface area contributed by atoms with E-state index in [4.69, 9.17) is 0 Å². The first-order valence-corrected chi connectivity index (χ1v) is 7.38. The number of piperidine rings is 1. The first kappa shape index (κ1) is 14.8. The van der Waals surface area contributed by atoms with E-state index in [1.54, 1.807) is 4.90 Å². The Hall–Kier alpha value is -1.59. The number of likely N-dealkylation sites (tertiary alicyclic amines) is 1. The van der Waals surface area contributed by atoms with Gasteiger partial charge in [0.05, 0.1) is 0 Å². The summed E-state index contributed by atoms with van der Waals surface area (Å²) in [4.78, 5) is 37.6. The minimum absolute atomic E-state index is 0.0312. The van der Waals surface area contributed by atoms with Gasteiger partial charge in [-0.05, 0) is 25.2 Å². The maximum atomic E-state index is 12.4. The summed E-state index contributed by atoms with van der Waals surface area (Å²) in [7, 11) is 0. The topological polar surface area (TPSA) is 78.5 Å². The number of nitrogens with zero attached hydrogens (tertiary/aromatic N) is 1. The molecular weight excluding hydrogens is 258 g/mol. The van der Waals surface area contributed by atoms with Crippen LogP contribution in [-0.4, -0.2) is 47.8 Å². The lowest BCUT2D eigenvalue weighted by Gasteiger charge is -2.32. The fourth-order valence-corrected chi connectivity index (χ4v) is 2.93. The molecule has 2 heterocycles. The Morgan fingerprint density at radius 1 is 1.35 bits per heavy atom. The molecule has 6 heteroatoms. The summed E-state index contributed by atoms with van der Waals surface area (Å²) >= 11 is 0. The second kappa shape index (κ2) is 6.24. The van der Waals surface area contributed by atoms with Crippen molar-refractivity contribution in [1.29, 1.82) is 0 Å². The zero-order valence-corrected chi connectivity index (χ0v) is 12.1. The van der Waals surface area contributed by atoms with Gasteiger partial charge in [-0.1, -0.05) is 13.8 Å². The molecule has 2 unspecified atom stereocenters. The molecule has 2 rings (SSSR count). The van der Waals surface area contributed by atoms with Gasteiger partial charge in [0.15, 0.2) is 0 Å². The molecule has 2 fully saturated rings. The van der Waals surface area contributed by atoms with E-state index in [9.17, 15) is 14.4 Å². The molecule has 2 aliphatic rings. The number of hydrogen-bond acceptors (Lipinski definition) is 3. The standard InChI is InChI=1S/C14H23N3O3/c1-9(2)12(17-8-4-6-11(17)18)14(20)16-10-5-3-7-15-13(10)19/h9-10,12H,3-8H2,1-2H3,(H,15,19)(H,16,20). The minimum Gasteiger partial charge on any atom is -0.354 e. The lowest BCUT2D eigenvalue weighted by molar-refractivity contribution is -0.140. The Morgan fingerprint density at radius 2 is 2.10 bits per heavy atom. The van der Waals surface area contributed by atoms with E-state index in [0.717, 1.165) is 12.8 Å². The van der Waals surface area contributed by atoms with Crippen LogP contribution in [-0.2, 0) is 14.4 Å². The van der Waals surface area contributed by atoms with E-state index < -0.39 is 12.1 Å². The summed E-state index contributed by atoms with van der Waals surface area (Å²) in [5.74, 6) is -0.271. The second-order valence-corrected chi connectivity index (χ2v) is 5.87. The number of rotatable bonds is 4. The molecule has 112 valence electrons. The smallest absolute Gasteiger partial charge is 0.243 e. The number of amides is 3. The highest BCUT2D eigenvalue weighted by molar-refractivity contribution is 5.92. The molecule has 0 spiro atoms. The maximum Gasteiger partial charge on any atom is 0.243 e. The van der Waals surface area contributed by atoms with Crippen molar-refractivity contribution in [2.75, 3.05) is 13.1 Å². The van der Waals surface area contributed by atoms with Gasteiger partial charge in [0.25, 0.3) is 0 Å². The Balaban J connectivity index is 2.03. The Kier molecular flexibility index (Phi) is 4.62. The lowest BCUT2D eigenvalue weighted by Crippen LogP contribution is -2.57. The Bertz CT molecular complexity index is 408. The highest BCUT2D eigenvalue weighted by atomic mass is 16.2. The molecule has 0 bridgehead atoms. The molecule has 2 atom stereocenters. The predicted molar refractivity (Wildman–Crippen MR) is 73.7 cm³/mol. The van der Waals surface area contributed by atoms with Gasteiger partial charge in [0, 0.05) is 19.5 Å². The molecule has 0 aromatic rings. The van der Waals surface area contributed by atoms with E-state index in [0.29, 0.717) is 25.9 Å². The highest BCUT2D eigenvalue weighted by Crippen LogP contribution is 2.19. The zero-order chi connectivity index (χ0) is 14.7. The quantitative estimate of drug-likeness (QED) is 0.763. The minimum atomic E-state index is -0.472. The second-order valence-electron chi connectivity index (χ2n) is 5.87. The Labute approximate surface area is 119 Å². The molecule has 2 saturated heterocycles. The molecule has 3 amide bonds. The largest absolute Gasteiger partial charge is 0.354 e. The van der Waals surface area contributed by atoms with Gasteiger partial charge < -0.3 is 15.5 Å². The molecule has 2 N–H and O–H groups in total. The average molecular weight is 281 g/mol. The van der Waals surface area contributed by atoms with E-state index in [1.165, 1.54) is 0 Å². The van der Waals surface area contributed by atoms with Crippen LogP contribution in [0.5, 0.6) is 0 Å². The fraction of sp³-hybridized carbons (Fsp3) is 0.786. The Morgan fingerprint density at radius 3 is 2.65 bits per heavy atom. The van der Waals surface area contributed by atoms with E-state index in [-0.39, 0.29) is 23.6 Å². The molecular formula is C14H23N3O3. The zero-order valence-electron chi connectivity index (χ0n) is 12.1. The van der Waals surface area contributed by atoms with Gasteiger partial charge >= 0.3 is 0 Å². The first-order chi connectivity index (χ1) is 9.50. The van der Waals surface area contributed by atoms with Crippen molar-refractivity contribution in [3.05, 3.63) is 0 Å². The molecule has 2 aliphatic heterocycles. The van der Waals surface area contributed by atoms with Crippen molar-refractivity contribution < 1.29 is 14.4 Å². The molecule has 0 aromatic heterocycles.